The fourth-order valence-electron chi connectivity index (χ4n) is 1.89. The molecule has 0 saturated carbocycles. The van der Waals surface area contributed by atoms with Gasteiger partial charge >= 0.3 is 0 Å². The molecule has 2 aromatic rings. The summed E-state index contributed by atoms with van der Waals surface area (Å²) < 4.78 is 31.2. The molecule has 0 fully saturated rings. The highest BCUT2D eigenvalue weighted by Crippen LogP contribution is 2.16. The molecule has 0 aliphatic rings. The number of ether oxygens (including phenoxy) is 1. The summed E-state index contributed by atoms with van der Waals surface area (Å²) in [6.07, 6.45) is -0.666. The Labute approximate surface area is 136 Å². The maximum Gasteiger partial charge on any atom is 0.292 e. The van der Waals surface area contributed by atoms with Crippen LogP contribution in [0.3, 0.4) is 0 Å². The molecule has 2 rings (SSSR count). The van der Waals surface area contributed by atoms with E-state index in [2.05, 4.69) is 0 Å². The number of Topliss-reactive ketones (excluding diaryl/α,β-unsaturated/α-hetero) is 2. The van der Waals surface area contributed by atoms with Crippen molar-refractivity contribution in [2.45, 2.75) is 6.42 Å². The van der Waals surface area contributed by atoms with Crippen molar-refractivity contribution in [1.82, 2.24) is 0 Å². The Hall–Kier alpha value is -3.09. The number of anilines is 1. The molecule has 1 amide bonds. The lowest BCUT2D eigenvalue weighted by atomic mass is 10.1. The Balaban J connectivity index is 2.00. The third-order valence-electron chi connectivity index (χ3n) is 3.17. The summed E-state index contributed by atoms with van der Waals surface area (Å²) in [5.41, 5.74) is -0.100. The number of ketones is 2. The van der Waals surface area contributed by atoms with E-state index < -0.39 is 35.5 Å². The quantitative estimate of drug-likeness (QED) is 0.501. The van der Waals surface area contributed by atoms with Crippen LogP contribution >= 0.6 is 0 Å². The van der Waals surface area contributed by atoms with Crippen LogP contribution in [0.4, 0.5) is 14.5 Å². The Morgan fingerprint density at radius 2 is 1.71 bits per heavy atom. The minimum Gasteiger partial charge on any atom is -0.497 e. The molecule has 0 unspecified atom stereocenters. The van der Waals surface area contributed by atoms with Gasteiger partial charge in [-0.05, 0) is 36.4 Å². The zero-order chi connectivity index (χ0) is 17.7. The van der Waals surface area contributed by atoms with E-state index in [4.69, 9.17) is 4.74 Å². The van der Waals surface area contributed by atoms with Gasteiger partial charge < -0.3 is 10.1 Å². The molecule has 24 heavy (non-hydrogen) atoms. The second-order valence-corrected chi connectivity index (χ2v) is 4.83. The first-order chi connectivity index (χ1) is 11.4. The van der Waals surface area contributed by atoms with Crippen LogP contribution < -0.4 is 10.1 Å². The van der Waals surface area contributed by atoms with Gasteiger partial charge in [0.25, 0.3) is 5.91 Å². The van der Waals surface area contributed by atoms with Crippen molar-refractivity contribution < 1.29 is 27.9 Å². The van der Waals surface area contributed by atoms with E-state index in [-0.39, 0.29) is 11.3 Å². The van der Waals surface area contributed by atoms with Gasteiger partial charge in [-0.25, -0.2) is 8.78 Å². The number of rotatable bonds is 6. The first kappa shape index (κ1) is 17.3. The van der Waals surface area contributed by atoms with E-state index >= 15 is 0 Å². The van der Waals surface area contributed by atoms with Gasteiger partial charge in [-0.15, -0.1) is 0 Å². The zero-order valence-corrected chi connectivity index (χ0v) is 12.6. The van der Waals surface area contributed by atoms with Crippen molar-refractivity contribution in [2.75, 3.05) is 12.4 Å². The van der Waals surface area contributed by atoms with Gasteiger partial charge in [0.2, 0.25) is 5.78 Å². The van der Waals surface area contributed by atoms with Crippen LogP contribution in [0.25, 0.3) is 0 Å². The fourth-order valence-corrected chi connectivity index (χ4v) is 1.89. The van der Waals surface area contributed by atoms with Crippen molar-refractivity contribution in [3.05, 3.63) is 59.7 Å². The number of benzene rings is 2. The molecule has 0 saturated heterocycles. The average Bonchev–Trinajstić information content (AvgIpc) is 2.57. The minimum atomic E-state index is -1.15. The normalized spacial score (nSPS) is 10.1. The first-order valence-electron chi connectivity index (χ1n) is 6.87. The molecular formula is C17H13F2NO4. The molecule has 124 valence electrons. The molecule has 5 nitrogen and oxygen atoms in total. The van der Waals surface area contributed by atoms with Crippen LogP contribution in [0.5, 0.6) is 5.75 Å². The van der Waals surface area contributed by atoms with Gasteiger partial charge in [0.05, 0.1) is 19.2 Å². The van der Waals surface area contributed by atoms with Crippen molar-refractivity contribution in [2.24, 2.45) is 0 Å². The van der Waals surface area contributed by atoms with Crippen LogP contribution in [-0.2, 0) is 9.59 Å². The predicted octanol–water partition coefficient (Wildman–Crippen LogP) is 2.75. The summed E-state index contributed by atoms with van der Waals surface area (Å²) >= 11 is 0. The second kappa shape index (κ2) is 7.45. The van der Waals surface area contributed by atoms with Crippen LogP contribution in [0.2, 0.25) is 0 Å². The van der Waals surface area contributed by atoms with E-state index in [1.807, 2.05) is 5.32 Å². The number of amides is 1. The summed E-state index contributed by atoms with van der Waals surface area (Å²) in [7, 11) is 1.47. The number of hydrogen-bond donors (Lipinski definition) is 1. The van der Waals surface area contributed by atoms with Crippen molar-refractivity contribution in [1.29, 1.82) is 0 Å². The molecule has 0 aliphatic carbocycles. The van der Waals surface area contributed by atoms with Crippen LogP contribution in [-0.4, -0.2) is 24.6 Å². The summed E-state index contributed by atoms with van der Waals surface area (Å²) in [6, 6.07) is 8.52. The number of halogens is 2. The van der Waals surface area contributed by atoms with Gasteiger partial charge in [0.15, 0.2) is 5.78 Å². The van der Waals surface area contributed by atoms with Crippen LogP contribution in [0.15, 0.2) is 42.5 Å². The SMILES string of the molecule is COc1ccc(C(=O)CC(=O)C(=O)Nc2ccc(F)cc2F)cc1. The minimum absolute atomic E-state index is 0.241. The Kier molecular flexibility index (Phi) is 5.36. The van der Waals surface area contributed by atoms with Gasteiger partial charge in [-0.2, -0.15) is 0 Å². The third-order valence-corrected chi connectivity index (χ3v) is 3.17. The van der Waals surface area contributed by atoms with E-state index in [9.17, 15) is 23.2 Å². The largest absolute Gasteiger partial charge is 0.497 e. The lowest BCUT2D eigenvalue weighted by molar-refractivity contribution is -0.134. The van der Waals surface area contributed by atoms with E-state index in [1.165, 1.54) is 19.2 Å². The van der Waals surface area contributed by atoms with Gasteiger partial charge in [0.1, 0.15) is 17.4 Å². The lowest BCUT2D eigenvalue weighted by Gasteiger charge is -2.06. The highest BCUT2D eigenvalue weighted by molar-refractivity contribution is 6.44. The molecule has 1 N–H and O–H groups in total. The Bertz CT molecular complexity index is 788. The van der Waals surface area contributed by atoms with Crippen LogP contribution in [0.1, 0.15) is 16.8 Å². The van der Waals surface area contributed by atoms with Gasteiger partial charge in [-0.1, -0.05) is 0 Å². The van der Waals surface area contributed by atoms with Gasteiger partial charge in [0, 0.05) is 11.6 Å². The zero-order valence-electron chi connectivity index (χ0n) is 12.6. The maximum absolute atomic E-state index is 13.4. The first-order valence-corrected chi connectivity index (χ1v) is 6.87. The van der Waals surface area contributed by atoms with Crippen molar-refractivity contribution in [3.8, 4) is 5.75 Å². The number of hydrogen-bond acceptors (Lipinski definition) is 4. The summed E-state index contributed by atoms with van der Waals surface area (Å²) in [6.45, 7) is 0. The van der Waals surface area contributed by atoms with Crippen LogP contribution in [0, 0.1) is 11.6 Å². The molecule has 0 radical (unpaired) electrons. The number of methoxy groups -OCH3 is 1. The summed E-state index contributed by atoms with van der Waals surface area (Å²) in [5.74, 6) is -4.02. The Morgan fingerprint density at radius 1 is 1.04 bits per heavy atom. The third kappa shape index (κ3) is 4.22. The molecule has 0 aromatic heterocycles. The maximum atomic E-state index is 13.4. The van der Waals surface area contributed by atoms with E-state index in [1.54, 1.807) is 12.1 Å². The van der Waals surface area contributed by atoms with Gasteiger partial charge in [-0.3, -0.25) is 14.4 Å². The molecule has 0 atom stereocenters. The van der Waals surface area contributed by atoms with E-state index in [0.29, 0.717) is 11.8 Å². The average molecular weight is 333 g/mol. The monoisotopic (exact) mass is 333 g/mol. The summed E-state index contributed by atoms with van der Waals surface area (Å²) in [4.78, 5) is 35.5. The van der Waals surface area contributed by atoms with E-state index in [0.717, 1.165) is 12.1 Å². The number of carbonyl (C=O) groups excluding carboxylic acids is 3. The number of nitrogens with one attached hydrogen (secondary N) is 1. The van der Waals surface area contributed by atoms with Crippen molar-refractivity contribution in [3.63, 3.8) is 0 Å². The molecule has 7 heteroatoms. The Morgan fingerprint density at radius 3 is 2.29 bits per heavy atom. The fraction of sp³-hybridized carbons (Fsp3) is 0.118. The lowest BCUT2D eigenvalue weighted by Crippen LogP contribution is -2.25. The highest BCUT2D eigenvalue weighted by Gasteiger charge is 2.20. The topological polar surface area (TPSA) is 72.5 Å². The standard InChI is InChI=1S/C17H13F2NO4/c1-24-12-5-2-10(3-6-12)15(21)9-16(22)17(23)20-14-7-4-11(18)8-13(14)19/h2-8H,9H2,1H3,(H,20,23). The van der Waals surface area contributed by atoms with Crippen molar-refractivity contribution >= 4 is 23.2 Å². The predicted molar refractivity (Wildman–Crippen MR) is 81.9 cm³/mol. The molecule has 2 aromatic carbocycles. The molecular weight excluding hydrogens is 320 g/mol. The second-order valence-electron chi connectivity index (χ2n) is 4.83. The smallest absolute Gasteiger partial charge is 0.292 e. The highest BCUT2D eigenvalue weighted by atomic mass is 19.1. The molecule has 0 bridgehead atoms. The molecule has 0 aliphatic heterocycles. The molecule has 0 spiro atoms. The number of carbonyl (C=O) groups is 3. The molecule has 0 heterocycles. The summed E-state index contributed by atoms with van der Waals surface area (Å²) in [5, 5.41) is 2.01.